The summed E-state index contributed by atoms with van der Waals surface area (Å²) in [5.41, 5.74) is 0. The minimum atomic E-state index is -0.969. The number of hydrogen-bond donors (Lipinski definition) is 1. The molecule has 3 rings (SSSR count). The molecule has 10 heteroatoms. The molecule has 136 valence electrons. The molecule has 0 saturated carbocycles. The molecular weight excluding hydrogens is 360 g/mol. The number of carbonyl (C=O) groups is 2. The molecule has 0 aliphatic carbocycles. The highest BCUT2D eigenvalue weighted by Crippen LogP contribution is 2.21. The predicted octanol–water partition coefficient (Wildman–Crippen LogP) is 2.60. The number of thiophene rings is 1. The number of amides is 1. The lowest BCUT2D eigenvalue weighted by Crippen LogP contribution is -2.30. The first-order valence-electron chi connectivity index (χ1n) is 7.81. The lowest BCUT2D eigenvalue weighted by atomic mass is 10.3. The van der Waals surface area contributed by atoms with E-state index in [1.54, 1.807) is 13.0 Å². The van der Waals surface area contributed by atoms with Gasteiger partial charge in [-0.3, -0.25) is 9.59 Å². The normalized spacial score (nSPS) is 11.9. The SMILES string of the molecule is Cc1cc(NC(=O)C(C)OC(=O)CCc2nc(-c3cccs3)no2)no1. The summed E-state index contributed by atoms with van der Waals surface area (Å²) in [6.45, 7) is 3.18. The molecule has 0 bridgehead atoms. The highest BCUT2D eigenvalue weighted by Gasteiger charge is 2.20. The van der Waals surface area contributed by atoms with Crippen LogP contribution in [0.25, 0.3) is 10.7 Å². The van der Waals surface area contributed by atoms with Crippen molar-refractivity contribution in [2.45, 2.75) is 32.8 Å². The van der Waals surface area contributed by atoms with Crippen molar-refractivity contribution in [3.8, 4) is 10.7 Å². The van der Waals surface area contributed by atoms with Crippen LogP contribution in [0.1, 0.15) is 25.0 Å². The van der Waals surface area contributed by atoms with Gasteiger partial charge in [0.2, 0.25) is 11.7 Å². The third-order valence-electron chi connectivity index (χ3n) is 3.31. The summed E-state index contributed by atoms with van der Waals surface area (Å²) >= 11 is 1.49. The molecule has 0 spiro atoms. The van der Waals surface area contributed by atoms with Crippen molar-refractivity contribution < 1.29 is 23.4 Å². The number of anilines is 1. The summed E-state index contributed by atoms with van der Waals surface area (Å²) in [4.78, 5) is 29.0. The maximum atomic E-state index is 12.0. The molecule has 3 aromatic heterocycles. The molecule has 0 fully saturated rings. The van der Waals surface area contributed by atoms with E-state index in [1.165, 1.54) is 18.3 Å². The Balaban J connectivity index is 1.45. The number of hydrogen-bond acceptors (Lipinski definition) is 9. The van der Waals surface area contributed by atoms with Gasteiger partial charge in [0.05, 0.1) is 11.3 Å². The molecule has 3 aromatic rings. The van der Waals surface area contributed by atoms with Crippen LogP contribution >= 0.6 is 11.3 Å². The monoisotopic (exact) mass is 376 g/mol. The molecule has 0 radical (unpaired) electrons. The standard InChI is InChI=1S/C16H16N4O5S/c1-9-8-12(19-24-9)17-16(22)10(2)23-14(21)6-5-13-18-15(20-25-13)11-4-3-7-26-11/h3-4,7-8,10H,5-6H2,1-2H3,(H,17,19,22). The molecule has 1 N–H and O–H groups in total. The Kier molecular flexibility index (Phi) is 5.42. The minimum absolute atomic E-state index is 0.0206. The first kappa shape index (κ1) is 17.8. The molecule has 1 atom stereocenters. The zero-order valence-electron chi connectivity index (χ0n) is 14.1. The van der Waals surface area contributed by atoms with E-state index in [0.717, 1.165) is 4.88 Å². The van der Waals surface area contributed by atoms with Crippen molar-refractivity contribution in [3.63, 3.8) is 0 Å². The Bertz CT molecular complexity index is 886. The fourth-order valence-electron chi connectivity index (χ4n) is 2.03. The van der Waals surface area contributed by atoms with Crippen LogP contribution in [0.15, 0.2) is 32.6 Å². The topological polar surface area (TPSA) is 120 Å². The van der Waals surface area contributed by atoms with Crippen LogP contribution in [-0.4, -0.2) is 33.3 Å². The zero-order valence-corrected chi connectivity index (χ0v) is 14.9. The molecule has 1 unspecified atom stereocenters. The predicted molar refractivity (Wildman–Crippen MR) is 91.4 cm³/mol. The third-order valence-corrected chi connectivity index (χ3v) is 4.18. The van der Waals surface area contributed by atoms with Gasteiger partial charge in [0.25, 0.3) is 5.91 Å². The number of carbonyl (C=O) groups excluding carboxylic acids is 2. The van der Waals surface area contributed by atoms with Gasteiger partial charge >= 0.3 is 5.97 Å². The Morgan fingerprint density at radius 3 is 2.88 bits per heavy atom. The van der Waals surface area contributed by atoms with Crippen LogP contribution in [0.4, 0.5) is 5.82 Å². The van der Waals surface area contributed by atoms with Crippen LogP contribution in [0.3, 0.4) is 0 Å². The van der Waals surface area contributed by atoms with Gasteiger partial charge in [-0.25, -0.2) is 0 Å². The second-order valence-corrected chi connectivity index (χ2v) is 6.38. The minimum Gasteiger partial charge on any atom is -0.453 e. The highest BCUT2D eigenvalue weighted by molar-refractivity contribution is 7.13. The van der Waals surface area contributed by atoms with E-state index in [1.807, 2.05) is 17.5 Å². The molecule has 9 nitrogen and oxygen atoms in total. The average Bonchev–Trinajstić information content (AvgIpc) is 3.34. The Hall–Kier alpha value is -3.01. The van der Waals surface area contributed by atoms with E-state index in [4.69, 9.17) is 13.8 Å². The van der Waals surface area contributed by atoms with Gasteiger partial charge in [-0.2, -0.15) is 4.98 Å². The summed E-state index contributed by atoms with van der Waals surface area (Å²) in [6.07, 6.45) is -0.718. The second kappa shape index (κ2) is 7.91. The van der Waals surface area contributed by atoms with E-state index in [9.17, 15) is 9.59 Å². The number of rotatable bonds is 7. The van der Waals surface area contributed by atoms with E-state index >= 15 is 0 Å². The van der Waals surface area contributed by atoms with Gasteiger partial charge in [0, 0.05) is 12.5 Å². The third kappa shape index (κ3) is 4.54. The van der Waals surface area contributed by atoms with Crippen molar-refractivity contribution in [1.82, 2.24) is 15.3 Å². The van der Waals surface area contributed by atoms with Crippen molar-refractivity contribution in [1.29, 1.82) is 0 Å². The fraction of sp³-hybridized carbons (Fsp3) is 0.312. The quantitative estimate of drug-likeness (QED) is 0.625. The van der Waals surface area contributed by atoms with Gasteiger partial charge in [-0.1, -0.05) is 16.4 Å². The smallest absolute Gasteiger partial charge is 0.307 e. The average molecular weight is 376 g/mol. The number of nitrogens with zero attached hydrogens (tertiary/aromatic N) is 3. The van der Waals surface area contributed by atoms with Gasteiger partial charge in [-0.05, 0) is 25.3 Å². The Morgan fingerprint density at radius 1 is 1.35 bits per heavy atom. The number of nitrogens with one attached hydrogen (secondary N) is 1. The largest absolute Gasteiger partial charge is 0.453 e. The molecule has 0 aliphatic heterocycles. The second-order valence-electron chi connectivity index (χ2n) is 5.43. The molecule has 0 aliphatic rings. The van der Waals surface area contributed by atoms with Crippen LogP contribution in [0.5, 0.6) is 0 Å². The van der Waals surface area contributed by atoms with Gasteiger partial charge in [0.15, 0.2) is 11.9 Å². The van der Waals surface area contributed by atoms with E-state index in [-0.39, 0.29) is 18.7 Å². The van der Waals surface area contributed by atoms with Crippen molar-refractivity contribution in [2.75, 3.05) is 5.32 Å². The maximum Gasteiger partial charge on any atom is 0.307 e. The maximum absolute atomic E-state index is 12.0. The van der Waals surface area contributed by atoms with E-state index < -0.39 is 18.0 Å². The van der Waals surface area contributed by atoms with Gasteiger partial charge in [-0.15, -0.1) is 11.3 Å². The van der Waals surface area contributed by atoms with Gasteiger partial charge < -0.3 is 19.1 Å². The van der Waals surface area contributed by atoms with Crippen LogP contribution in [0, 0.1) is 6.92 Å². The van der Waals surface area contributed by atoms with Gasteiger partial charge in [0.1, 0.15) is 5.76 Å². The summed E-state index contributed by atoms with van der Waals surface area (Å²) in [7, 11) is 0. The molecule has 26 heavy (non-hydrogen) atoms. The first-order chi connectivity index (χ1) is 12.5. The summed E-state index contributed by atoms with van der Waals surface area (Å²) in [5, 5.41) is 11.9. The summed E-state index contributed by atoms with van der Waals surface area (Å²) < 4.78 is 15.1. The van der Waals surface area contributed by atoms with Crippen molar-refractivity contribution in [2.24, 2.45) is 0 Å². The van der Waals surface area contributed by atoms with Crippen LogP contribution < -0.4 is 5.32 Å². The number of aryl methyl sites for hydroxylation is 2. The number of aromatic nitrogens is 3. The lowest BCUT2D eigenvalue weighted by Gasteiger charge is -2.11. The molecule has 0 saturated heterocycles. The fourth-order valence-corrected chi connectivity index (χ4v) is 2.68. The Morgan fingerprint density at radius 2 is 2.19 bits per heavy atom. The first-order valence-corrected chi connectivity index (χ1v) is 8.69. The van der Waals surface area contributed by atoms with Crippen molar-refractivity contribution in [3.05, 3.63) is 35.2 Å². The zero-order chi connectivity index (χ0) is 18.5. The van der Waals surface area contributed by atoms with Crippen molar-refractivity contribution >= 4 is 29.0 Å². The van der Waals surface area contributed by atoms with Crippen LogP contribution in [0.2, 0.25) is 0 Å². The molecular formula is C16H16N4O5S. The number of ether oxygens (including phenoxy) is 1. The molecule has 0 aromatic carbocycles. The Labute approximate surface area is 152 Å². The summed E-state index contributed by atoms with van der Waals surface area (Å²) in [5.74, 6) is 0.609. The number of esters is 1. The van der Waals surface area contributed by atoms with Crippen LogP contribution in [-0.2, 0) is 20.7 Å². The molecule has 3 heterocycles. The molecule has 1 amide bonds. The van der Waals surface area contributed by atoms with E-state index in [0.29, 0.717) is 17.5 Å². The lowest BCUT2D eigenvalue weighted by molar-refractivity contribution is -0.153. The summed E-state index contributed by atoms with van der Waals surface area (Å²) in [6, 6.07) is 5.33. The highest BCUT2D eigenvalue weighted by atomic mass is 32.1. The van der Waals surface area contributed by atoms with E-state index in [2.05, 4.69) is 20.6 Å².